The monoisotopic (exact) mass is 1710 g/mol. The van der Waals surface area contributed by atoms with Crippen LogP contribution in [0.3, 0.4) is 0 Å². The molecule has 4 unspecified atom stereocenters. The highest BCUT2D eigenvalue weighted by Crippen LogP contribution is 2.29. The van der Waals surface area contributed by atoms with Gasteiger partial charge in [-0.25, -0.2) is 37.0 Å². The Morgan fingerprint density at radius 3 is 0.654 bits per heavy atom. The van der Waals surface area contributed by atoms with Crippen LogP contribution in [0.1, 0.15) is 130 Å². The maximum absolute atomic E-state index is 13.0. The lowest BCUT2D eigenvalue weighted by Gasteiger charge is -2.21. The third-order valence-corrected chi connectivity index (χ3v) is 32.3. The predicted molar refractivity (Wildman–Crippen MR) is 412 cm³/mol. The molecule has 0 aliphatic heterocycles. The summed E-state index contributed by atoms with van der Waals surface area (Å²) < 4.78 is 214. The molecule has 42 heteroatoms. The molecule has 0 amide bonds. The lowest BCUT2D eigenvalue weighted by atomic mass is 10.4. The smallest absolute Gasteiger partial charge is 0.314 e. The SMILES string of the molecule is CC(CC#N)[Si](C)(C)C.CC(CC#N)[Si](C)(C)F.CC(CC#N)[Si](C)(F)F.CC(CC#N)[Si](F)(F)F.C[Si](C)(C)CCC#N.C[Si](C)(C)CCCC#N.C[Si](C)(F)CCC#N.C[Si](C)(F)CCCC#N.C[Si](F)(F)CCC#N.C[Si](F)(F)CCCC#N.N#CCCC[Si](F)(F)F.N#CCC[Si](F)(F)F. The molecular weight excluding hydrogens is 1590 g/mol. The van der Waals surface area contributed by atoms with E-state index in [4.69, 9.17) is 63.1 Å². The van der Waals surface area contributed by atoms with Crippen molar-refractivity contribution in [3.05, 3.63) is 0 Å². The first kappa shape index (κ1) is 126. The van der Waals surface area contributed by atoms with Gasteiger partial charge < -0.3 is 12.3 Å². The fourth-order valence-electron chi connectivity index (χ4n) is 4.78. The van der Waals surface area contributed by atoms with Crippen molar-refractivity contribution >= 4 is 103 Å². The van der Waals surface area contributed by atoms with Gasteiger partial charge in [-0.1, -0.05) is 92.7 Å². The molecule has 0 saturated carbocycles. The Morgan fingerprint density at radius 2 is 0.490 bits per heavy atom. The van der Waals surface area contributed by atoms with Gasteiger partial charge in [-0.2, -0.15) is 63.1 Å². The van der Waals surface area contributed by atoms with Crippen molar-refractivity contribution < 1.29 is 73.9 Å². The second-order valence-corrected chi connectivity index (χ2v) is 71.7. The van der Waals surface area contributed by atoms with E-state index < -0.39 is 132 Å². The number of rotatable bonds is 28. The molecule has 0 aliphatic rings. The Morgan fingerprint density at radius 1 is 0.240 bits per heavy atom. The maximum Gasteiger partial charge on any atom is 0.620 e. The average molecular weight is 1710 g/mol. The number of hydrogen-bond donors (Lipinski definition) is 0. The normalized spacial score (nSPS) is 12.1. The standard InChI is InChI=1S/2C7H15NSi.2C6H12FNSi.C6H13NSi.2C5H9F2NSi.C5H10FNSi.2C4H6F3NSi.C4H7F2NSi.C3H4F3NSi/c1-7(5-6-8)9(2,3)4;1-9(2,3)7-5-4-6-8;1-6(4-5-8)9(2,3)7;1-9(2,7)6-4-3-5-8;1-8(2,3)6-4-5-7;1-5(3-4-8)9(2,6)7;1-9(6,7)5-3-2-4-8;1-8(2,6)5-3-4-7;1-4(2-3-8)9(5,6)7;5-9(6,7)4-2-1-3-8;1-8(5,6)4-2-3-7;4-8(5,6)3-1-2-7/h7H,5H2,1-4H3;4-5,7H2,1-3H3;6H,4H2,1-3H3;3-4,6H2,1-2H3;4,6H2,1-3H3;5H,3H2,1-2H3;2-3,5H2,1H3;3,5H2,1-2H3;4H,2H2,1H3;1-2,4H2;2,4H2,1H3;1,3H2. The Balaban J connectivity index is -0.0000000888. The van der Waals surface area contributed by atoms with Gasteiger partial charge in [0, 0.05) is 125 Å². The van der Waals surface area contributed by atoms with E-state index in [9.17, 15) is 73.9 Å². The highest BCUT2D eigenvalue weighted by Gasteiger charge is 2.44. The van der Waals surface area contributed by atoms with Crippen LogP contribution in [0, 0.1) is 136 Å². The van der Waals surface area contributed by atoms with Crippen molar-refractivity contribution in [1.29, 1.82) is 63.1 Å². The van der Waals surface area contributed by atoms with Crippen molar-refractivity contribution in [3.63, 3.8) is 0 Å². The number of nitriles is 12. The minimum Gasteiger partial charge on any atom is -0.314 e. The predicted octanol–water partition coefficient (Wildman–Crippen LogP) is 27.0. The largest absolute Gasteiger partial charge is 0.620 e. The molecule has 104 heavy (non-hydrogen) atoms. The van der Waals surface area contributed by atoms with E-state index in [1.807, 2.05) is 24.3 Å². The molecule has 0 rings (SSSR count). The molecule has 4 atom stereocenters. The fraction of sp³-hybridized carbons (Fsp3) is 0.806. The van der Waals surface area contributed by atoms with Crippen LogP contribution in [-0.4, -0.2) is 103 Å². The highest BCUT2D eigenvalue weighted by atomic mass is 28.5. The molecule has 0 aromatic carbocycles. The zero-order valence-electron chi connectivity index (χ0n) is 65.4. The lowest BCUT2D eigenvalue weighted by molar-refractivity contribution is 0.440. The van der Waals surface area contributed by atoms with Gasteiger partial charge in [0.05, 0.1) is 78.4 Å². The first-order chi connectivity index (χ1) is 46.4. The van der Waals surface area contributed by atoms with Gasteiger partial charge >= 0.3 is 53.5 Å². The van der Waals surface area contributed by atoms with E-state index in [0.29, 0.717) is 43.3 Å². The third kappa shape index (κ3) is 159. The quantitative estimate of drug-likeness (QED) is 0.0306. The van der Waals surface area contributed by atoms with Crippen LogP contribution in [0.15, 0.2) is 0 Å². The zero-order chi connectivity index (χ0) is 85.8. The summed E-state index contributed by atoms with van der Waals surface area (Å²) in [6.07, 6.45) is 5.10. The van der Waals surface area contributed by atoms with Crippen LogP contribution >= 0.6 is 0 Å². The van der Waals surface area contributed by atoms with Crippen molar-refractivity contribution in [2.24, 2.45) is 0 Å². The summed E-state index contributed by atoms with van der Waals surface area (Å²) in [4.78, 5) is 0. The number of nitrogens with zero attached hydrogens (tertiary/aromatic N) is 12. The molecule has 0 spiro atoms. The van der Waals surface area contributed by atoms with Crippen molar-refractivity contribution in [2.45, 2.75) is 319 Å². The lowest BCUT2D eigenvalue weighted by Crippen LogP contribution is -2.25. The first-order valence-electron chi connectivity index (χ1n) is 33.3. The van der Waals surface area contributed by atoms with Crippen LogP contribution in [0.5, 0.6) is 0 Å². The molecule has 600 valence electrons. The summed E-state index contributed by atoms with van der Waals surface area (Å²) in [5, 5.41) is 96.5. The van der Waals surface area contributed by atoms with Crippen LogP contribution in [-0.2, 0) is 0 Å². The van der Waals surface area contributed by atoms with E-state index >= 15 is 0 Å². The Hall–Kier alpha value is -4.78. The van der Waals surface area contributed by atoms with E-state index in [0.717, 1.165) is 64.7 Å². The maximum atomic E-state index is 13.0. The average Bonchev–Trinajstić information content (AvgIpc) is 0.937. The summed E-state index contributed by atoms with van der Waals surface area (Å²) in [5.41, 5.74) is -1.44. The third-order valence-electron chi connectivity index (χ3n) is 12.6. The van der Waals surface area contributed by atoms with E-state index in [2.05, 4.69) is 84.1 Å². The van der Waals surface area contributed by atoms with Crippen molar-refractivity contribution in [1.82, 2.24) is 0 Å². The Labute approximate surface area is 627 Å². The van der Waals surface area contributed by atoms with Gasteiger partial charge in [-0.05, 0) is 120 Å². The van der Waals surface area contributed by atoms with Gasteiger partial charge in [-0.3, -0.25) is 24.6 Å². The summed E-state index contributed by atoms with van der Waals surface area (Å²) in [5.74, 6) is 0. The summed E-state index contributed by atoms with van der Waals surface area (Å²) in [6, 6.07) is 24.0. The minimum absolute atomic E-state index is 0.00424. The molecule has 0 heterocycles. The van der Waals surface area contributed by atoms with E-state index in [-0.39, 0.29) is 56.2 Å². The molecule has 0 aliphatic carbocycles. The van der Waals surface area contributed by atoms with Gasteiger partial charge in [-0.15, -0.1) is 0 Å². The molecule has 0 bridgehead atoms. The molecule has 0 aromatic rings. The van der Waals surface area contributed by atoms with Gasteiger partial charge in [0.1, 0.15) is 0 Å². The molecule has 0 aromatic heterocycles. The summed E-state index contributed by atoms with van der Waals surface area (Å²) >= 11 is 0. The Kier molecular flexibility index (Phi) is 84.6. The minimum atomic E-state index is -5.50. The molecule has 0 fully saturated rings. The second kappa shape index (κ2) is 69.9. The Bertz CT molecular complexity index is 2280. The van der Waals surface area contributed by atoms with E-state index in [1.165, 1.54) is 25.1 Å². The van der Waals surface area contributed by atoms with Crippen LogP contribution in [0.2, 0.25) is 188 Å². The number of halogens is 18. The number of hydrogen-bond acceptors (Lipinski definition) is 12. The first-order valence-corrected chi connectivity index (χ1v) is 66.0. The zero-order valence-corrected chi connectivity index (χ0v) is 77.4. The van der Waals surface area contributed by atoms with Crippen LogP contribution in [0.25, 0.3) is 0 Å². The van der Waals surface area contributed by atoms with Crippen molar-refractivity contribution in [2.75, 3.05) is 0 Å². The molecular formula is C62H118F18N12Si12. The van der Waals surface area contributed by atoms with E-state index in [1.54, 1.807) is 64.4 Å². The van der Waals surface area contributed by atoms with Crippen LogP contribution < -0.4 is 0 Å². The van der Waals surface area contributed by atoms with Crippen LogP contribution in [0.4, 0.5) is 73.9 Å². The fourth-order valence-corrected chi connectivity index (χ4v) is 13.0. The van der Waals surface area contributed by atoms with Gasteiger partial charge in [0.2, 0.25) is 25.2 Å². The number of unbranched alkanes of at least 4 members (excludes halogenated alkanes) is 4. The summed E-state index contributed by atoms with van der Waals surface area (Å²) in [6.45, 7) is 40.0. The molecule has 12 nitrogen and oxygen atoms in total. The second-order valence-electron chi connectivity index (χ2n) is 29.1. The van der Waals surface area contributed by atoms with Gasteiger partial charge in [0.25, 0.3) is 0 Å². The summed E-state index contributed by atoms with van der Waals surface area (Å²) in [7, 11) is -38.0. The topological polar surface area (TPSA) is 285 Å². The molecule has 0 N–H and O–H groups in total. The highest BCUT2D eigenvalue weighted by molar-refractivity contribution is 6.78. The van der Waals surface area contributed by atoms with Crippen molar-refractivity contribution in [3.8, 4) is 72.8 Å². The molecule has 0 radical (unpaired) electrons. The van der Waals surface area contributed by atoms with Gasteiger partial charge in [0.15, 0.2) is 0 Å². The molecule has 0 saturated heterocycles.